The van der Waals surface area contributed by atoms with E-state index in [2.05, 4.69) is 83.1 Å². The van der Waals surface area contributed by atoms with Crippen LogP contribution in [0.1, 0.15) is 90.8 Å². The zero-order valence-electron chi connectivity index (χ0n) is 17.6. The zero-order valence-corrected chi connectivity index (χ0v) is 17.6. The minimum absolute atomic E-state index is 0.658. The highest BCUT2D eigenvalue weighted by molar-refractivity contribution is 5.29. The van der Waals surface area contributed by atoms with E-state index in [0.717, 1.165) is 6.42 Å². The van der Waals surface area contributed by atoms with E-state index in [1.807, 2.05) is 33.8 Å². The van der Waals surface area contributed by atoms with Crippen molar-refractivity contribution in [2.45, 2.75) is 80.6 Å². The summed E-state index contributed by atoms with van der Waals surface area (Å²) in [6, 6.07) is 19.2. The molecule has 0 aromatic heterocycles. The average Bonchev–Trinajstić information content (AvgIpc) is 2.66. The van der Waals surface area contributed by atoms with Gasteiger partial charge in [-0.1, -0.05) is 117 Å². The molecule has 0 heterocycles. The maximum Gasteiger partial charge on any atom is -0.0216 e. The Labute approximate surface area is 152 Å². The normalized spacial score (nSPS) is 9.12. The fourth-order valence-corrected chi connectivity index (χ4v) is 2.26. The summed E-state index contributed by atoms with van der Waals surface area (Å²) >= 11 is 0. The van der Waals surface area contributed by atoms with E-state index < -0.39 is 0 Å². The second kappa shape index (κ2) is 16.3. The van der Waals surface area contributed by atoms with Gasteiger partial charge in [0.15, 0.2) is 0 Å². The lowest BCUT2D eigenvalue weighted by atomic mass is 9.96. The predicted molar refractivity (Wildman–Crippen MR) is 113 cm³/mol. The molecule has 0 heteroatoms. The highest BCUT2D eigenvalue weighted by Gasteiger charge is 2.02. The molecule has 136 valence electrons. The molecule has 0 atom stereocenters. The number of benzene rings is 2. The van der Waals surface area contributed by atoms with Crippen molar-refractivity contribution in [1.82, 2.24) is 0 Å². The quantitative estimate of drug-likeness (QED) is 0.532. The van der Waals surface area contributed by atoms with Crippen molar-refractivity contribution in [3.63, 3.8) is 0 Å². The lowest BCUT2D eigenvalue weighted by molar-refractivity contribution is 0.844. The van der Waals surface area contributed by atoms with Gasteiger partial charge in [0, 0.05) is 0 Å². The Morgan fingerprint density at radius 1 is 0.625 bits per heavy atom. The second-order valence-corrected chi connectivity index (χ2v) is 5.77. The van der Waals surface area contributed by atoms with E-state index in [1.54, 1.807) is 0 Å². The smallest absolute Gasteiger partial charge is 0.0216 e. The Morgan fingerprint density at radius 2 is 1.08 bits per heavy atom. The van der Waals surface area contributed by atoms with Gasteiger partial charge < -0.3 is 0 Å². The third kappa shape index (κ3) is 10.3. The number of hydrogen-bond donors (Lipinski definition) is 0. The van der Waals surface area contributed by atoms with E-state index in [1.165, 1.54) is 16.7 Å². The molecule has 0 aliphatic carbocycles. The average molecular weight is 329 g/mol. The van der Waals surface area contributed by atoms with Gasteiger partial charge in [-0.05, 0) is 34.9 Å². The molecule has 0 amide bonds. The molecule has 0 spiro atoms. The third-order valence-corrected chi connectivity index (χ3v) is 3.52. The van der Waals surface area contributed by atoms with Gasteiger partial charge in [0.2, 0.25) is 0 Å². The SMILES string of the molecule is CC.CC.CC(C)c1ccccc1.CCc1ccccc1C(C)C. The molecule has 0 aliphatic heterocycles. The molecule has 0 bridgehead atoms. The van der Waals surface area contributed by atoms with E-state index in [4.69, 9.17) is 0 Å². The highest BCUT2D eigenvalue weighted by atomic mass is 14.1. The van der Waals surface area contributed by atoms with Crippen molar-refractivity contribution in [3.05, 3.63) is 71.3 Å². The van der Waals surface area contributed by atoms with Crippen LogP contribution in [0.4, 0.5) is 0 Å². The summed E-state index contributed by atoms with van der Waals surface area (Å²) in [6.45, 7) is 19.1. The molecule has 0 saturated heterocycles. The Kier molecular flexibility index (Phi) is 16.8. The second-order valence-electron chi connectivity index (χ2n) is 5.77. The Morgan fingerprint density at radius 3 is 1.42 bits per heavy atom. The first-order valence-electron chi connectivity index (χ1n) is 9.69. The fourth-order valence-electron chi connectivity index (χ4n) is 2.26. The first kappa shape index (κ1) is 24.7. The first-order chi connectivity index (χ1) is 11.6. The van der Waals surface area contributed by atoms with Crippen LogP contribution >= 0.6 is 0 Å². The molecule has 0 radical (unpaired) electrons. The Hall–Kier alpha value is -1.56. The molecule has 0 aliphatic rings. The van der Waals surface area contributed by atoms with Crippen LogP contribution in [0.25, 0.3) is 0 Å². The molecule has 0 unspecified atom stereocenters. The van der Waals surface area contributed by atoms with Crippen molar-refractivity contribution in [3.8, 4) is 0 Å². The van der Waals surface area contributed by atoms with Crippen molar-refractivity contribution in [2.75, 3.05) is 0 Å². The minimum atomic E-state index is 0.658. The van der Waals surface area contributed by atoms with Gasteiger partial charge >= 0.3 is 0 Å². The molecule has 2 rings (SSSR count). The Bertz CT molecular complexity index is 480. The molecule has 0 N–H and O–H groups in total. The molecular weight excluding hydrogens is 288 g/mol. The zero-order chi connectivity index (χ0) is 19.0. The molecule has 0 nitrogen and oxygen atoms in total. The number of aryl methyl sites for hydroxylation is 1. The summed E-state index contributed by atoms with van der Waals surface area (Å²) < 4.78 is 0. The lowest BCUT2D eigenvalue weighted by Crippen LogP contribution is -1.93. The van der Waals surface area contributed by atoms with Crippen LogP contribution in [0.3, 0.4) is 0 Å². The van der Waals surface area contributed by atoms with Crippen LogP contribution in [-0.4, -0.2) is 0 Å². The maximum atomic E-state index is 2.24. The maximum absolute atomic E-state index is 2.24. The van der Waals surface area contributed by atoms with Gasteiger partial charge in [-0.15, -0.1) is 0 Å². The van der Waals surface area contributed by atoms with Gasteiger partial charge in [0.1, 0.15) is 0 Å². The summed E-state index contributed by atoms with van der Waals surface area (Å²) in [6.07, 6.45) is 1.15. The van der Waals surface area contributed by atoms with Gasteiger partial charge in [-0.2, -0.15) is 0 Å². The lowest BCUT2D eigenvalue weighted by Gasteiger charge is -2.09. The van der Waals surface area contributed by atoms with Crippen LogP contribution < -0.4 is 0 Å². The number of hydrogen-bond acceptors (Lipinski definition) is 0. The highest BCUT2D eigenvalue weighted by Crippen LogP contribution is 2.19. The monoisotopic (exact) mass is 328 g/mol. The first-order valence-corrected chi connectivity index (χ1v) is 9.69. The molecule has 2 aromatic carbocycles. The van der Waals surface area contributed by atoms with Gasteiger partial charge in [0.05, 0.1) is 0 Å². The molecule has 2 aromatic rings. The van der Waals surface area contributed by atoms with Crippen molar-refractivity contribution in [2.24, 2.45) is 0 Å². The van der Waals surface area contributed by atoms with Crippen LogP contribution in [0.15, 0.2) is 54.6 Å². The van der Waals surface area contributed by atoms with Crippen molar-refractivity contribution in [1.29, 1.82) is 0 Å². The predicted octanol–water partition coefficient (Wildman–Crippen LogP) is 8.23. The Balaban J connectivity index is 0. The largest absolute Gasteiger partial charge is 0.0683 e. The molecule has 24 heavy (non-hydrogen) atoms. The van der Waals surface area contributed by atoms with E-state index in [9.17, 15) is 0 Å². The standard InChI is InChI=1S/C11H16.C9H12.2C2H6/c1-4-10-7-5-6-8-11(10)9(2)3;1-8(2)9-6-4-3-5-7-9;2*1-2/h5-9H,4H2,1-3H3;3-8H,1-2H3;2*1-2H3. The molecule has 0 saturated carbocycles. The van der Waals surface area contributed by atoms with E-state index in [-0.39, 0.29) is 0 Å². The third-order valence-electron chi connectivity index (χ3n) is 3.52. The summed E-state index contributed by atoms with van der Waals surface area (Å²) in [5, 5.41) is 0. The van der Waals surface area contributed by atoms with Crippen LogP contribution in [0.5, 0.6) is 0 Å². The van der Waals surface area contributed by atoms with Gasteiger partial charge in [-0.3, -0.25) is 0 Å². The van der Waals surface area contributed by atoms with Crippen LogP contribution in [0.2, 0.25) is 0 Å². The molecule has 0 fully saturated rings. The van der Waals surface area contributed by atoms with E-state index >= 15 is 0 Å². The summed E-state index contributed by atoms with van der Waals surface area (Å²) in [5.41, 5.74) is 4.40. The summed E-state index contributed by atoms with van der Waals surface area (Å²) in [4.78, 5) is 0. The number of rotatable bonds is 3. The van der Waals surface area contributed by atoms with Crippen molar-refractivity contribution < 1.29 is 0 Å². The molecular formula is C24H40. The van der Waals surface area contributed by atoms with Crippen LogP contribution in [-0.2, 0) is 6.42 Å². The van der Waals surface area contributed by atoms with E-state index in [0.29, 0.717) is 11.8 Å². The summed E-state index contributed by atoms with van der Waals surface area (Å²) in [7, 11) is 0. The topological polar surface area (TPSA) is 0 Å². The van der Waals surface area contributed by atoms with Crippen molar-refractivity contribution >= 4 is 0 Å². The van der Waals surface area contributed by atoms with Gasteiger partial charge in [0.25, 0.3) is 0 Å². The minimum Gasteiger partial charge on any atom is -0.0683 e. The summed E-state index contributed by atoms with van der Waals surface area (Å²) in [5.74, 6) is 1.32. The van der Waals surface area contributed by atoms with Gasteiger partial charge in [-0.25, -0.2) is 0 Å². The van der Waals surface area contributed by atoms with Crippen LogP contribution in [0, 0.1) is 0 Å². The fraction of sp³-hybridized carbons (Fsp3) is 0.500.